The molecule has 0 aromatic carbocycles. The van der Waals surface area contributed by atoms with Crippen molar-refractivity contribution >= 4 is 9.12 Å². The van der Waals surface area contributed by atoms with Crippen LogP contribution < -0.4 is 9.96 Å². The molecule has 0 saturated carbocycles. The monoisotopic (exact) mass is 421 g/mol. The molecule has 0 aromatic rings. The summed E-state index contributed by atoms with van der Waals surface area (Å²) in [6, 6.07) is 0. The smallest absolute Gasteiger partial charge is 0.310 e. The fourth-order valence-electron chi connectivity index (χ4n) is 7.82. The Labute approximate surface area is 186 Å². The lowest BCUT2D eigenvalue weighted by molar-refractivity contribution is 0.0252. The predicted octanol–water partition coefficient (Wildman–Crippen LogP) is 6.80. The van der Waals surface area contributed by atoms with Gasteiger partial charge in [-0.2, -0.15) is 0 Å². The Balaban J connectivity index is 5.93. The molecule has 29 heavy (non-hydrogen) atoms. The quantitative estimate of drug-likeness (QED) is 0.364. The first-order chi connectivity index (χ1) is 12.4. The standard InChI is InChI=1S/C26H53N2Si/c1-18-29(27-25(14,15)19(21(2,3)4)22(5,6)7)28-26(16,17)20(23(8,9)10)24(11,12)13/h1,19-20,27-28H,2-17H3. The van der Waals surface area contributed by atoms with Crippen molar-refractivity contribution in [2.45, 2.75) is 122 Å². The van der Waals surface area contributed by atoms with E-state index in [-0.39, 0.29) is 32.7 Å². The van der Waals surface area contributed by atoms with E-state index in [0.29, 0.717) is 11.8 Å². The van der Waals surface area contributed by atoms with Crippen molar-refractivity contribution in [1.82, 2.24) is 9.96 Å². The molecule has 0 rings (SSSR count). The Kier molecular flexibility index (Phi) is 8.59. The number of nitrogens with one attached hydrogen (secondary N) is 2. The van der Waals surface area contributed by atoms with Crippen LogP contribution in [0.1, 0.15) is 111 Å². The van der Waals surface area contributed by atoms with E-state index in [0.717, 1.165) is 0 Å². The van der Waals surface area contributed by atoms with Crippen LogP contribution in [-0.2, 0) is 0 Å². The van der Waals surface area contributed by atoms with Crippen molar-refractivity contribution in [3.05, 3.63) is 0 Å². The molecule has 0 unspecified atom stereocenters. The van der Waals surface area contributed by atoms with Gasteiger partial charge in [0.2, 0.25) is 0 Å². The molecule has 3 heteroatoms. The predicted molar refractivity (Wildman–Crippen MR) is 134 cm³/mol. The molecule has 0 aliphatic heterocycles. The van der Waals surface area contributed by atoms with E-state index < -0.39 is 9.12 Å². The highest BCUT2D eigenvalue weighted by molar-refractivity contribution is 6.62. The second-order valence-electron chi connectivity index (χ2n) is 14.5. The first-order valence-corrected chi connectivity index (χ1v) is 12.8. The zero-order chi connectivity index (χ0) is 23.9. The second kappa shape index (κ2) is 8.68. The number of terminal acetylenes is 1. The SMILES string of the molecule is C#C[Si](NC(C)(C)C(C(C)(C)C)C(C)(C)C)NC(C)(C)C(C(C)(C)C)C(C)(C)C. The Morgan fingerprint density at radius 3 is 0.862 bits per heavy atom. The van der Waals surface area contributed by atoms with Gasteiger partial charge < -0.3 is 9.96 Å². The lowest BCUT2D eigenvalue weighted by Gasteiger charge is -2.53. The van der Waals surface area contributed by atoms with Crippen molar-refractivity contribution in [2.24, 2.45) is 33.5 Å². The Morgan fingerprint density at radius 2 is 0.724 bits per heavy atom. The molecular formula is C26H53N2Si. The molecule has 0 heterocycles. The summed E-state index contributed by atoms with van der Waals surface area (Å²) in [7, 11) is -1.40. The molecule has 2 N–H and O–H groups in total. The molecule has 1 radical (unpaired) electrons. The molecule has 0 spiro atoms. The molecule has 0 fully saturated rings. The van der Waals surface area contributed by atoms with Crippen LogP contribution in [0.25, 0.3) is 0 Å². The molecular weight excluding hydrogens is 368 g/mol. The largest absolute Gasteiger partial charge is 0.318 e. The van der Waals surface area contributed by atoms with E-state index in [1.165, 1.54) is 0 Å². The van der Waals surface area contributed by atoms with Gasteiger partial charge in [0.1, 0.15) is 0 Å². The molecule has 0 saturated heterocycles. The highest BCUT2D eigenvalue weighted by atomic mass is 28.3. The van der Waals surface area contributed by atoms with Crippen LogP contribution in [0.5, 0.6) is 0 Å². The van der Waals surface area contributed by atoms with Crippen molar-refractivity contribution in [3.63, 3.8) is 0 Å². The summed E-state index contributed by atoms with van der Waals surface area (Å²) in [6.45, 7) is 37.5. The fraction of sp³-hybridized carbons (Fsp3) is 0.923. The van der Waals surface area contributed by atoms with Gasteiger partial charge in [-0.25, -0.2) is 0 Å². The summed E-state index contributed by atoms with van der Waals surface area (Å²) >= 11 is 0. The van der Waals surface area contributed by atoms with Crippen LogP contribution in [0.4, 0.5) is 0 Å². The zero-order valence-electron chi connectivity index (χ0n) is 22.7. The Hall–Kier alpha value is -0.303. The Bertz CT molecular complexity index is 494. The average molecular weight is 422 g/mol. The summed E-state index contributed by atoms with van der Waals surface area (Å²) in [5.41, 5.74) is 3.63. The van der Waals surface area contributed by atoms with E-state index in [9.17, 15) is 0 Å². The molecule has 0 amide bonds. The topological polar surface area (TPSA) is 24.1 Å². The summed E-state index contributed by atoms with van der Waals surface area (Å²) in [5, 5.41) is 0. The summed E-state index contributed by atoms with van der Waals surface area (Å²) in [6.07, 6.45) is 6.09. The van der Waals surface area contributed by atoms with E-state index in [1.54, 1.807) is 0 Å². The minimum absolute atomic E-state index is 0.0841. The van der Waals surface area contributed by atoms with E-state index >= 15 is 0 Å². The first kappa shape index (κ1) is 28.7. The number of rotatable bonds is 6. The normalized spacial score (nSPS) is 15.4. The van der Waals surface area contributed by atoms with Crippen molar-refractivity contribution < 1.29 is 0 Å². The molecule has 0 atom stereocenters. The van der Waals surface area contributed by atoms with Crippen molar-refractivity contribution in [1.29, 1.82) is 0 Å². The van der Waals surface area contributed by atoms with Gasteiger partial charge in [0.25, 0.3) is 0 Å². The van der Waals surface area contributed by atoms with Crippen molar-refractivity contribution in [2.75, 3.05) is 0 Å². The van der Waals surface area contributed by atoms with Crippen LogP contribution in [0, 0.1) is 45.5 Å². The van der Waals surface area contributed by atoms with E-state index in [1.807, 2.05) is 0 Å². The summed E-state index contributed by atoms with van der Waals surface area (Å²) in [5.74, 6) is 0.920. The highest BCUT2D eigenvalue weighted by Crippen LogP contribution is 2.48. The maximum absolute atomic E-state index is 6.09. The summed E-state index contributed by atoms with van der Waals surface area (Å²) in [4.78, 5) is 7.85. The van der Waals surface area contributed by atoms with Gasteiger partial charge >= 0.3 is 9.12 Å². The third-order valence-electron chi connectivity index (χ3n) is 5.95. The van der Waals surface area contributed by atoms with Crippen LogP contribution in [0.3, 0.4) is 0 Å². The minimum Gasteiger partial charge on any atom is -0.310 e. The van der Waals surface area contributed by atoms with Gasteiger partial charge in [-0.3, -0.25) is 0 Å². The lowest BCUT2D eigenvalue weighted by Crippen LogP contribution is -2.68. The van der Waals surface area contributed by atoms with Crippen molar-refractivity contribution in [3.8, 4) is 12.0 Å². The second-order valence-corrected chi connectivity index (χ2v) is 16.1. The van der Waals surface area contributed by atoms with Gasteiger partial charge in [0.05, 0.1) is 0 Å². The maximum atomic E-state index is 6.09. The molecule has 171 valence electrons. The first-order valence-electron chi connectivity index (χ1n) is 11.3. The van der Waals surface area contributed by atoms with Gasteiger partial charge in [-0.15, -0.1) is 6.42 Å². The molecule has 0 aliphatic carbocycles. The number of hydrogen-bond donors (Lipinski definition) is 2. The van der Waals surface area contributed by atoms with Crippen LogP contribution in [0.15, 0.2) is 0 Å². The van der Waals surface area contributed by atoms with Crippen LogP contribution >= 0.6 is 0 Å². The molecule has 0 bridgehead atoms. The Morgan fingerprint density at radius 1 is 0.517 bits per heavy atom. The van der Waals surface area contributed by atoms with Gasteiger partial charge in [-0.05, 0) is 61.2 Å². The number of hydrogen-bond acceptors (Lipinski definition) is 2. The van der Waals surface area contributed by atoms with Gasteiger partial charge in [0, 0.05) is 11.1 Å². The third-order valence-corrected chi connectivity index (χ3v) is 8.02. The van der Waals surface area contributed by atoms with Crippen LogP contribution in [-0.4, -0.2) is 20.2 Å². The fourth-order valence-corrected chi connectivity index (χ4v) is 9.60. The molecule has 0 aromatic heterocycles. The molecule has 2 nitrogen and oxygen atoms in total. The minimum atomic E-state index is -1.40. The highest BCUT2D eigenvalue weighted by Gasteiger charge is 2.49. The lowest BCUT2D eigenvalue weighted by atomic mass is 9.59. The van der Waals surface area contributed by atoms with E-state index in [4.69, 9.17) is 6.42 Å². The van der Waals surface area contributed by atoms with Gasteiger partial charge in [0.15, 0.2) is 0 Å². The summed E-state index contributed by atoms with van der Waals surface area (Å²) < 4.78 is 0. The zero-order valence-corrected chi connectivity index (χ0v) is 23.7. The maximum Gasteiger partial charge on any atom is 0.318 e. The average Bonchev–Trinajstić information content (AvgIpc) is 2.27. The van der Waals surface area contributed by atoms with Crippen LogP contribution in [0.2, 0.25) is 0 Å². The molecule has 0 aliphatic rings. The van der Waals surface area contributed by atoms with Gasteiger partial charge in [-0.1, -0.05) is 88.6 Å². The third kappa shape index (κ3) is 8.04. The van der Waals surface area contributed by atoms with E-state index in [2.05, 4.69) is 126 Å².